The van der Waals surface area contributed by atoms with Crippen LogP contribution in [0.3, 0.4) is 0 Å². The monoisotopic (exact) mass is 699 g/mol. The van der Waals surface area contributed by atoms with E-state index in [2.05, 4.69) is 165 Å². The number of hydrogen-bond donors (Lipinski definition) is 0. The maximum Gasteiger partial charge on any atom is 0.101 e. The predicted molar refractivity (Wildman–Crippen MR) is 224 cm³/mol. The lowest BCUT2D eigenvalue weighted by molar-refractivity contribution is 1.15. The summed E-state index contributed by atoms with van der Waals surface area (Å²) in [5.41, 5.74) is 12.5. The summed E-state index contributed by atoms with van der Waals surface area (Å²) >= 11 is 0. The molecule has 11 aromatic rings. The van der Waals surface area contributed by atoms with Gasteiger partial charge in [0.1, 0.15) is 6.07 Å². The van der Waals surface area contributed by atoms with E-state index in [0.717, 1.165) is 82.8 Å². The minimum absolute atomic E-state index is 0.590. The highest BCUT2D eigenvalue weighted by atomic mass is 15.0. The Morgan fingerprint density at radius 3 is 1.53 bits per heavy atom. The van der Waals surface area contributed by atoms with Crippen molar-refractivity contribution in [1.29, 1.82) is 10.5 Å². The average molecular weight is 700 g/mol. The molecule has 55 heavy (non-hydrogen) atoms. The second-order valence-electron chi connectivity index (χ2n) is 14.0. The maximum atomic E-state index is 10.7. The quantitative estimate of drug-likeness (QED) is 0.184. The molecule has 0 atom stereocenters. The van der Waals surface area contributed by atoms with Crippen molar-refractivity contribution in [3.63, 3.8) is 0 Å². The fourth-order valence-corrected chi connectivity index (χ4v) is 8.85. The van der Waals surface area contributed by atoms with Gasteiger partial charge in [-0.15, -0.1) is 0 Å². The van der Waals surface area contributed by atoms with Crippen molar-refractivity contribution in [3.8, 4) is 40.3 Å². The minimum atomic E-state index is 0.590. The largest absolute Gasteiger partial charge is 0.309 e. The first kappa shape index (κ1) is 30.7. The Morgan fingerprint density at radius 1 is 0.345 bits per heavy atom. The van der Waals surface area contributed by atoms with E-state index in [4.69, 9.17) is 0 Å². The van der Waals surface area contributed by atoms with E-state index in [1.807, 2.05) is 36.4 Å². The number of rotatable bonds is 4. The Labute approximate surface area is 316 Å². The van der Waals surface area contributed by atoms with Gasteiger partial charge in [-0.05, 0) is 78.4 Å². The predicted octanol–water partition coefficient (Wildman–Crippen LogP) is 12.4. The van der Waals surface area contributed by atoms with Crippen LogP contribution < -0.4 is 0 Å². The second-order valence-corrected chi connectivity index (χ2v) is 14.0. The third-order valence-corrected chi connectivity index (χ3v) is 11.1. The molecule has 3 heterocycles. The molecular weight excluding hydrogens is 671 g/mol. The molecule has 0 spiro atoms. The van der Waals surface area contributed by atoms with Gasteiger partial charge in [-0.1, -0.05) is 103 Å². The van der Waals surface area contributed by atoms with Gasteiger partial charge >= 0.3 is 0 Å². The standard InChI is InChI=1S/C50H29N5/c51-30-33-13-11-25-48-49(33)41-19-4-8-24-46(41)54(48)35-15-9-12-32(28-35)37-20-10-14-34(31-52)50(37)55-45-23-7-3-18-40(45)42-29-36(26-27-47(42)55)53-43-21-5-1-16-38(43)39-17-2-6-22-44(39)53/h1-29H. The van der Waals surface area contributed by atoms with Crippen molar-refractivity contribution in [2.45, 2.75) is 0 Å². The maximum absolute atomic E-state index is 10.7. The van der Waals surface area contributed by atoms with Crippen molar-refractivity contribution in [1.82, 2.24) is 13.7 Å². The van der Waals surface area contributed by atoms with Crippen LogP contribution in [0.2, 0.25) is 0 Å². The van der Waals surface area contributed by atoms with Crippen molar-refractivity contribution in [2.24, 2.45) is 0 Å². The van der Waals surface area contributed by atoms with Crippen LogP contribution in [0.25, 0.3) is 93.6 Å². The summed E-state index contributed by atoms with van der Waals surface area (Å²) in [4.78, 5) is 0. The average Bonchev–Trinajstić information content (AvgIpc) is 3.89. The van der Waals surface area contributed by atoms with Gasteiger partial charge < -0.3 is 13.7 Å². The third-order valence-electron chi connectivity index (χ3n) is 11.1. The normalized spacial score (nSPS) is 11.6. The fourth-order valence-electron chi connectivity index (χ4n) is 8.85. The van der Waals surface area contributed by atoms with Crippen LogP contribution in [0.1, 0.15) is 11.1 Å². The number of fused-ring (bicyclic) bond motifs is 9. The fraction of sp³-hybridized carbons (Fsp3) is 0. The van der Waals surface area contributed by atoms with E-state index in [9.17, 15) is 10.5 Å². The van der Waals surface area contributed by atoms with Crippen LogP contribution >= 0.6 is 0 Å². The molecule has 5 nitrogen and oxygen atoms in total. The first-order valence-electron chi connectivity index (χ1n) is 18.3. The van der Waals surface area contributed by atoms with Crippen molar-refractivity contribution in [2.75, 3.05) is 0 Å². The number of hydrogen-bond acceptors (Lipinski definition) is 2. The zero-order chi connectivity index (χ0) is 36.6. The summed E-state index contributed by atoms with van der Waals surface area (Å²) in [6.07, 6.45) is 0. The van der Waals surface area contributed by atoms with E-state index in [1.165, 1.54) is 10.8 Å². The van der Waals surface area contributed by atoms with Crippen molar-refractivity contribution < 1.29 is 0 Å². The Bertz CT molecular complexity index is 3420. The number of benzene rings is 8. The van der Waals surface area contributed by atoms with Gasteiger partial charge in [0.2, 0.25) is 0 Å². The molecule has 0 aliphatic rings. The minimum Gasteiger partial charge on any atom is -0.309 e. The molecule has 0 aliphatic heterocycles. The first-order valence-corrected chi connectivity index (χ1v) is 18.3. The highest BCUT2D eigenvalue weighted by molar-refractivity contribution is 6.14. The molecule has 0 aliphatic carbocycles. The Morgan fingerprint density at radius 2 is 0.836 bits per heavy atom. The van der Waals surface area contributed by atoms with Crippen molar-refractivity contribution in [3.05, 3.63) is 187 Å². The lowest BCUT2D eigenvalue weighted by Gasteiger charge is -2.17. The van der Waals surface area contributed by atoms with E-state index in [1.54, 1.807) is 0 Å². The topological polar surface area (TPSA) is 62.4 Å². The molecule has 0 saturated heterocycles. The molecule has 0 saturated carbocycles. The van der Waals surface area contributed by atoms with E-state index >= 15 is 0 Å². The SMILES string of the molecule is N#Cc1cccc(-c2cccc(-n3c4ccccc4c4c(C#N)cccc43)c2)c1-n1c2ccccc2c2cc(-n3c4ccccc4c4ccccc43)ccc21. The van der Waals surface area contributed by atoms with Gasteiger partial charge in [0.05, 0.1) is 56.0 Å². The van der Waals surface area contributed by atoms with Crippen LogP contribution in [-0.4, -0.2) is 13.7 Å². The van der Waals surface area contributed by atoms with Crippen LogP contribution in [0, 0.1) is 22.7 Å². The molecule has 8 aromatic carbocycles. The van der Waals surface area contributed by atoms with Gasteiger partial charge in [-0.25, -0.2) is 0 Å². The molecule has 0 bridgehead atoms. The highest BCUT2D eigenvalue weighted by Gasteiger charge is 2.21. The molecular formula is C50H29N5. The van der Waals surface area contributed by atoms with Crippen LogP contribution in [0.4, 0.5) is 0 Å². The highest BCUT2D eigenvalue weighted by Crippen LogP contribution is 2.41. The van der Waals surface area contributed by atoms with Gasteiger partial charge in [0.15, 0.2) is 0 Å². The van der Waals surface area contributed by atoms with Crippen molar-refractivity contribution >= 4 is 65.4 Å². The summed E-state index contributed by atoms with van der Waals surface area (Å²) in [5.74, 6) is 0. The molecule has 0 unspecified atom stereocenters. The summed E-state index contributed by atoms with van der Waals surface area (Å²) in [6, 6.07) is 65.9. The Kier molecular flexibility index (Phi) is 6.61. The number of aromatic nitrogens is 3. The lowest BCUT2D eigenvalue weighted by atomic mass is 9.99. The van der Waals surface area contributed by atoms with Gasteiger partial charge in [-0.2, -0.15) is 10.5 Å². The molecule has 0 radical (unpaired) electrons. The van der Waals surface area contributed by atoms with Gasteiger partial charge in [0, 0.05) is 49.3 Å². The zero-order valence-electron chi connectivity index (χ0n) is 29.5. The lowest BCUT2D eigenvalue weighted by Crippen LogP contribution is -2.02. The molecule has 254 valence electrons. The van der Waals surface area contributed by atoms with Crippen LogP contribution in [0.15, 0.2) is 176 Å². The van der Waals surface area contributed by atoms with Crippen LogP contribution in [-0.2, 0) is 0 Å². The van der Waals surface area contributed by atoms with E-state index in [0.29, 0.717) is 11.1 Å². The molecule has 0 fully saturated rings. The molecule has 3 aromatic heterocycles. The van der Waals surface area contributed by atoms with Gasteiger partial charge in [0.25, 0.3) is 0 Å². The Hall–Kier alpha value is -7.86. The smallest absolute Gasteiger partial charge is 0.101 e. The molecule has 11 rings (SSSR count). The second kappa shape index (κ2) is 11.8. The first-order chi connectivity index (χ1) is 27.2. The summed E-state index contributed by atoms with van der Waals surface area (Å²) < 4.78 is 6.85. The Balaban J connectivity index is 1.16. The molecule has 5 heteroatoms. The summed E-state index contributed by atoms with van der Waals surface area (Å²) in [6.45, 7) is 0. The molecule has 0 amide bonds. The third kappa shape index (κ3) is 4.39. The van der Waals surface area contributed by atoms with Gasteiger partial charge in [-0.3, -0.25) is 0 Å². The molecule has 0 N–H and O–H groups in total. The summed E-state index contributed by atoms with van der Waals surface area (Å²) in [7, 11) is 0. The number of nitriles is 2. The number of para-hydroxylation sites is 5. The van der Waals surface area contributed by atoms with E-state index in [-0.39, 0.29) is 0 Å². The zero-order valence-corrected chi connectivity index (χ0v) is 29.5. The van der Waals surface area contributed by atoms with Crippen LogP contribution in [0.5, 0.6) is 0 Å². The summed E-state index contributed by atoms with van der Waals surface area (Å²) in [5, 5.41) is 27.4. The van der Waals surface area contributed by atoms with E-state index < -0.39 is 0 Å². The number of nitrogens with zero attached hydrogens (tertiary/aromatic N) is 5.